The number of nitrogens with two attached hydrogens (primary N) is 1. The van der Waals surface area contributed by atoms with Crippen molar-refractivity contribution < 1.29 is 9.18 Å². The number of benzene rings is 2. The molecule has 0 aliphatic rings. The molecule has 2 aromatic carbocycles. The smallest absolute Gasteiger partial charge is 0.269 e. The molecule has 6 heteroatoms. The van der Waals surface area contributed by atoms with Crippen LogP contribution in [0.25, 0.3) is 16.9 Å². The summed E-state index contributed by atoms with van der Waals surface area (Å²) < 4.78 is 14.8. The highest BCUT2D eigenvalue weighted by Crippen LogP contribution is 2.25. The van der Waals surface area contributed by atoms with Gasteiger partial charge in [-0.05, 0) is 60.9 Å². The molecule has 23 heavy (non-hydrogen) atoms. The molecule has 0 aliphatic carbocycles. The second-order valence-corrected chi connectivity index (χ2v) is 5.78. The Labute approximate surface area is 137 Å². The second kappa shape index (κ2) is 6.26. The van der Waals surface area contributed by atoms with E-state index in [1.807, 2.05) is 30.5 Å². The van der Waals surface area contributed by atoms with Crippen LogP contribution in [0.3, 0.4) is 0 Å². The van der Waals surface area contributed by atoms with Crippen LogP contribution in [0.15, 0.2) is 59.5 Å². The molecule has 0 aliphatic heterocycles. The fourth-order valence-electron chi connectivity index (χ4n) is 2.25. The molecule has 0 saturated carbocycles. The van der Waals surface area contributed by atoms with E-state index >= 15 is 0 Å². The van der Waals surface area contributed by atoms with Gasteiger partial charge in [0.1, 0.15) is 5.82 Å². The third kappa shape index (κ3) is 3.12. The molecule has 4 nitrogen and oxygen atoms in total. The number of thioether (sulfide) groups is 1. The van der Waals surface area contributed by atoms with Gasteiger partial charge in [-0.2, -0.15) is 5.10 Å². The van der Waals surface area contributed by atoms with Gasteiger partial charge in [0.25, 0.3) is 5.91 Å². The summed E-state index contributed by atoms with van der Waals surface area (Å²) in [4.78, 5) is 12.6. The molecule has 0 bridgehead atoms. The molecule has 0 atom stereocenters. The van der Waals surface area contributed by atoms with Crippen LogP contribution < -0.4 is 5.73 Å². The maximum atomic E-state index is 13.1. The number of primary amides is 1. The quantitative estimate of drug-likeness (QED) is 0.746. The van der Waals surface area contributed by atoms with Crippen LogP contribution in [0.4, 0.5) is 4.39 Å². The molecule has 0 radical (unpaired) electrons. The predicted molar refractivity (Wildman–Crippen MR) is 89.3 cm³/mol. The van der Waals surface area contributed by atoms with Gasteiger partial charge in [-0.1, -0.05) is 0 Å². The summed E-state index contributed by atoms with van der Waals surface area (Å²) in [6.45, 7) is 0. The molecule has 0 unspecified atom stereocenters. The van der Waals surface area contributed by atoms with Gasteiger partial charge in [0, 0.05) is 10.5 Å². The Balaban J connectivity index is 2.13. The predicted octanol–water partition coefficient (Wildman–Crippen LogP) is 3.50. The van der Waals surface area contributed by atoms with E-state index in [1.54, 1.807) is 34.6 Å². The number of hydrogen-bond donors (Lipinski definition) is 1. The maximum Gasteiger partial charge on any atom is 0.269 e. The highest BCUT2D eigenvalue weighted by Gasteiger charge is 2.15. The standard InChI is InChI=1S/C17H14FN3OS/c1-23-14-8-6-13(7-9-14)21-16(10-15(20-21)17(19)22)11-2-4-12(18)5-3-11/h2-10H,1H3,(H2,19,22). The molecule has 1 aromatic heterocycles. The first-order valence-corrected chi connectivity index (χ1v) is 8.11. The van der Waals surface area contributed by atoms with Crippen LogP contribution in [-0.2, 0) is 0 Å². The Hall–Kier alpha value is -2.60. The Morgan fingerprint density at radius 2 is 1.78 bits per heavy atom. The van der Waals surface area contributed by atoms with E-state index < -0.39 is 5.91 Å². The number of halogens is 1. The van der Waals surface area contributed by atoms with Gasteiger partial charge in [0.05, 0.1) is 11.4 Å². The lowest BCUT2D eigenvalue weighted by molar-refractivity contribution is 0.0995. The zero-order valence-electron chi connectivity index (χ0n) is 12.4. The van der Waals surface area contributed by atoms with Crippen molar-refractivity contribution in [3.63, 3.8) is 0 Å². The lowest BCUT2D eigenvalue weighted by Gasteiger charge is -2.08. The Morgan fingerprint density at radius 1 is 1.13 bits per heavy atom. The van der Waals surface area contributed by atoms with E-state index in [0.29, 0.717) is 5.69 Å². The first-order chi connectivity index (χ1) is 11.1. The number of carbonyl (C=O) groups excluding carboxylic acids is 1. The van der Waals surface area contributed by atoms with Gasteiger partial charge >= 0.3 is 0 Å². The third-order valence-electron chi connectivity index (χ3n) is 3.42. The maximum absolute atomic E-state index is 13.1. The lowest BCUT2D eigenvalue weighted by Crippen LogP contribution is -2.12. The Bertz CT molecular complexity index is 841. The molecule has 3 aromatic rings. The van der Waals surface area contributed by atoms with E-state index in [-0.39, 0.29) is 11.5 Å². The van der Waals surface area contributed by atoms with Crippen molar-refractivity contribution in [2.75, 3.05) is 6.26 Å². The summed E-state index contributed by atoms with van der Waals surface area (Å²) in [7, 11) is 0. The average Bonchev–Trinajstić information content (AvgIpc) is 3.01. The summed E-state index contributed by atoms with van der Waals surface area (Å²) in [6.07, 6.45) is 2.00. The third-order valence-corrected chi connectivity index (χ3v) is 4.16. The molecule has 1 amide bonds. The van der Waals surface area contributed by atoms with E-state index in [1.165, 1.54) is 12.1 Å². The summed E-state index contributed by atoms with van der Waals surface area (Å²) >= 11 is 1.64. The number of nitrogens with zero attached hydrogens (tertiary/aromatic N) is 2. The Kier molecular flexibility index (Phi) is 4.16. The van der Waals surface area contributed by atoms with Crippen molar-refractivity contribution in [1.82, 2.24) is 9.78 Å². The van der Waals surface area contributed by atoms with E-state index in [4.69, 9.17) is 5.73 Å². The molecule has 1 heterocycles. The van der Waals surface area contributed by atoms with Crippen LogP contribution >= 0.6 is 11.8 Å². The normalized spacial score (nSPS) is 10.7. The molecule has 116 valence electrons. The number of carbonyl (C=O) groups is 1. The molecular formula is C17H14FN3OS. The van der Waals surface area contributed by atoms with E-state index in [2.05, 4.69) is 5.10 Å². The van der Waals surface area contributed by atoms with Gasteiger partial charge in [0.15, 0.2) is 5.69 Å². The summed E-state index contributed by atoms with van der Waals surface area (Å²) in [6, 6.07) is 15.4. The molecule has 2 N–H and O–H groups in total. The monoisotopic (exact) mass is 327 g/mol. The fourth-order valence-corrected chi connectivity index (χ4v) is 2.66. The van der Waals surface area contributed by atoms with Crippen molar-refractivity contribution in [3.8, 4) is 16.9 Å². The van der Waals surface area contributed by atoms with Gasteiger partial charge < -0.3 is 5.73 Å². The SMILES string of the molecule is CSc1ccc(-n2nc(C(N)=O)cc2-c2ccc(F)cc2)cc1. The zero-order chi connectivity index (χ0) is 16.4. The van der Waals surface area contributed by atoms with Gasteiger partial charge in [0.2, 0.25) is 0 Å². The van der Waals surface area contributed by atoms with Crippen LogP contribution in [-0.4, -0.2) is 21.9 Å². The van der Waals surface area contributed by atoms with Gasteiger partial charge in [-0.15, -0.1) is 11.8 Å². The van der Waals surface area contributed by atoms with Gasteiger partial charge in [-0.3, -0.25) is 4.79 Å². The topological polar surface area (TPSA) is 60.9 Å². The van der Waals surface area contributed by atoms with Crippen LogP contribution in [0.2, 0.25) is 0 Å². The number of hydrogen-bond acceptors (Lipinski definition) is 3. The van der Waals surface area contributed by atoms with E-state index in [0.717, 1.165) is 16.1 Å². The van der Waals surface area contributed by atoms with Gasteiger partial charge in [-0.25, -0.2) is 9.07 Å². The van der Waals surface area contributed by atoms with Crippen LogP contribution in [0, 0.1) is 5.82 Å². The van der Waals surface area contributed by atoms with Crippen molar-refractivity contribution >= 4 is 17.7 Å². The molecular weight excluding hydrogens is 313 g/mol. The molecule has 0 fully saturated rings. The minimum Gasteiger partial charge on any atom is -0.364 e. The Morgan fingerprint density at radius 3 is 2.35 bits per heavy atom. The first kappa shape index (κ1) is 15.3. The number of aromatic nitrogens is 2. The lowest BCUT2D eigenvalue weighted by atomic mass is 10.1. The number of amides is 1. The molecule has 0 spiro atoms. The summed E-state index contributed by atoms with van der Waals surface area (Å²) in [5.74, 6) is -0.924. The van der Waals surface area contributed by atoms with Crippen molar-refractivity contribution in [2.45, 2.75) is 4.90 Å². The fraction of sp³-hybridized carbons (Fsp3) is 0.0588. The minimum atomic E-state index is -0.604. The molecule has 0 saturated heterocycles. The van der Waals surface area contributed by atoms with Crippen molar-refractivity contribution in [2.24, 2.45) is 5.73 Å². The van der Waals surface area contributed by atoms with Crippen LogP contribution in [0.1, 0.15) is 10.5 Å². The van der Waals surface area contributed by atoms with Crippen molar-refractivity contribution in [1.29, 1.82) is 0 Å². The van der Waals surface area contributed by atoms with Crippen molar-refractivity contribution in [3.05, 3.63) is 66.1 Å². The first-order valence-electron chi connectivity index (χ1n) is 6.89. The second-order valence-electron chi connectivity index (χ2n) is 4.90. The van der Waals surface area contributed by atoms with Crippen LogP contribution in [0.5, 0.6) is 0 Å². The van der Waals surface area contributed by atoms with E-state index in [9.17, 15) is 9.18 Å². The highest BCUT2D eigenvalue weighted by molar-refractivity contribution is 7.98. The minimum absolute atomic E-state index is 0.165. The number of rotatable bonds is 4. The largest absolute Gasteiger partial charge is 0.364 e. The molecule has 3 rings (SSSR count). The zero-order valence-corrected chi connectivity index (χ0v) is 13.2. The summed E-state index contributed by atoms with van der Waals surface area (Å²) in [5.41, 5.74) is 7.74. The average molecular weight is 327 g/mol. The highest BCUT2D eigenvalue weighted by atomic mass is 32.2. The summed E-state index contributed by atoms with van der Waals surface area (Å²) in [5, 5.41) is 4.28.